The molecule has 1 heterocycles. The van der Waals surface area contributed by atoms with Crippen molar-refractivity contribution in [2.24, 2.45) is 0 Å². The number of hydrogen-bond donors (Lipinski definition) is 1. The molecule has 35 heavy (non-hydrogen) atoms. The zero-order valence-electron chi connectivity index (χ0n) is 18.8. The number of hydrogen-bond acceptors (Lipinski definition) is 6. The summed E-state index contributed by atoms with van der Waals surface area (Å²) in [7, 11) is 1.58. The van der Waals surface area contributed by atoms with Crippen molar-refractivity contribution in [2.75, 3.05) is 18.2 Å². The van der Waals surface area contributed by atoms with Gasteiger partial charge in [-0.1, -0.05) is 23.9 Å². The lowest BCUT2D eigenvalue weighted by molar-refractivity contribution is -0.115. The highest BCUT2D eigenvalue weighted by atomic mass is 32.2. The Kier molecular flexibility index (Phi) is 7.94. The molecule has 180 valence electrons. The van der Waals surface area contributed by atoms with Gasteiger partial charge >= 0.3 is 0 Å². The standard InChI is InChI=1S/C25H22F2N4O3S/c1-33-19-10-12-20(13-11-19)34-16-23-29-30-25(31(23)22-5-3-2-4-21(22)27)35-15-14-24(32)28-18-8-6-17(26)7-9-18/h2-13H,14-16H2,1H3,(H,28,32). The van der Waals surface area contributed by atoms with Crippen LogP contribution in [0.5, 0.6) is 11.5 Å². The van der Waals surface area contributed by atoms with E-state index in [1.807, 2.05) is 0 Å². The molecule has 0 atom stereocenters. The topological polar surface area (TPSA) is 78.3 Å². The zero-order chi connectivity index (χ0) is 24.6. The van der Waals surface area contributed by atoms with E-state index in [0.717, 1.165) is 0 Å². The highest BCUT2D eigenvalue weighted by Crippen LogP contribution is 2.26. The number of halogens is 2. The number of carbonyl (C=O) groups excluding carboxylic acids is 1. The van der Waals surface area contributed by atoms with Gasteiger partial charge in [0.2, 0.25) is 5.91 Å². The molecule has 0 saturated heterocycles. The third-order valence-electron chi connectivity index (χ3n) is 4.91. The van der Waals surface area contributed by atoms with E-state index in [2.05, 4.69) is 15.5 Å². The Hall–Kier alpha value is -3.92. The van der Waals surface area contributed by atoms with Crippen molar-refractivity contribution < 1.29 is 23.0 Å². The van der Waals surface area contributed by atoms with Crippen molar-refractivity contribution in [1.29, 1.82) is 0 Å². The normalized spacial score (nSPS) is 10.7. The SMILES string of the molecule is COc1ccc(OCc2nnc(SCCC(=O)Nc3ccc(F)cc3)n2-c2ccccc2F)cc1. The lowest BCUT2D eigenvalue weighted by Crippen LogP contribution is -2.12. The van der Waals surface area contributed by atoms with Crippen LogP contribution in [0.15, 0.2) is 78.0 Å². The molecule has 10 heteroatoms. The van der Waals surface area contributed by atoms with Crippen LogP contribution in [-0.4, -0.2) is 33.5 Å². The number of nitrogens with one attached hydrogen (secondary N) is 1. The van der Waals surface area contributed by atoms with Gasteiger partial charge in [-0.2, -0.15) is 0 Å². The van der Waals surface area contributed by atoms with E-state index in [9.17, 15) is 13.6 Å². The Morgan fingerprint density at radius 2 is 1.69 bits per heavy atom. The quantitative estimate of drug-likeness (QED) is 0.302. The van der Waals surface area contributed by atoms with Crippen LogP contribution in [0, 0.1) is 11.6 Å². The largest absolute Gasteiger partial charge is 0.497 e. The summed E-state index contributed by atoms with van der Waals surface area (Å²) in [5, 5.41) is 11.5. The summed E-state index contributed by atoms with van der Waals surface area (Å²) in [6.45, 7) is 0.0548. The first-order valence-electron chi connectivity index (χ1n) is 10.7. The number of benzene rings is 3. The highest BCUT2D eigenvalue weighted by molar-refractivity contribution is 7.99. The van der Waals surface area contributed by atoms with Crippen LogP contribution >= 0.6 is 11.8 Å². The van der Waals surface area contributed by atoms with E-state index >= 15 is 0 Å². The van der Waals surface area contributed by atoms with Crippen LogP contribution in [0.1, 0.15) is 12.2 Å². The molecule has 0 aliphatic rings. The number of anilines is 1. The fraction of sp³-hybridized carbons (Fsp3) is 0.160. The monoisotopic (exact) mass is 496 g/mol. The average Bonchev–Trinajstić information content (AvgIpc) is 3.27. The van der Waals surface area contributed by atoms with Crippen molar-refractivity contribution in [3.05, 3.63) is 90.3 Å². The van der Waals surface area contributed by atoms with Gasteiger partial charge in [0.15, 0.2) is 11.0 Å². The Morgan fingerprint density at radius 3 is 2.40 bits per heavy atom. The average molecular weight is 497 g/mol. The first-order valence-corrected chi connectivity index (χ1v) is 11.7. The number of carbonyl (C=O) groups is 1. The van der Waals surface area contributed by atoms with Crippen LogP contribution in [0.3, 0.4) is 0 Å². The summed E-state index contributed by atoms with van der Waals surface area (Å²) in [5.74, 6) is 1.04. The summed E-state index contributed by atoms with van der Waals surface area (Å²) < 4.78 is 40.2. The number of para-hydroxylation sites is 1. The molecule has 0 aliphatic carbocycles. The predicted octanol–water partition coefficient (Wildman–Crippen LogP) is 5.25. The van der Waals surface area contributed by atoms with Gasteiger partial charge in [-0.15, -0.1) is 10.2 Å². The number of rotatable bonds is 10. The lowest BCUT2D eigenvalue weighted by atomic mass is 10.3. The second-order valence-corrected chi connectivity index (χ2v) is 8.37. The zero-order valence-corrected chi connectivity index (χ0v) is 19.6. The second-order valence-electron chi connectivity index (χ2n) is 7.30. The van der Waals surface area contributed by atoms with E-state index < -0.39 is 5.82 Å². The maximum absolute atomic E-state index is 14.6. The van der Waals surface area contributed by atoms with Gasteiger partial charge in [-0.05, 0) is 60.7 Å². The van der Waals surface area contributed by atoms with Gasteiger partial charge in [-0.3, -0.25) is 9.36 Å². The van der Waals surface area contributed by atoms with Crippen molar-refractivity contribution >= 4 is 23.4 Å². The van der Waals surface area contributed by atoms with Crippen LogP contribution in [-0.2, 0) is 11.4 Å². The van der Waals surface area contributed by atoms with E-state index in [4.69, 9.17) is 9.47 Å². The fourth-order valence-corrected chi connectivity index (χ4v) is 4.08. The maximum atomic E-state index is 14.6. The molecule has 3 aromatic carbocycles. The van der Waals surface area contributed by atoms with Crippen molar-refractivity contribution in [3.8, 4) is 17.2 Å². The molecule has 0 aliphatic heterocycles. The third kappa shape index (κ3) is 6.36. The molecule has 1 amide bonds. The van der Waals surface area contributed by atoms with Crippen LogP contribution in [0.25, 0.3) is 5.69 Å². The number of methoxy groups -OCH3 is 1. The van der Waals surface area contributed by atoms with Crippen LogP contribution in [0.2, 0.25) is 0 Å². The Labute approximate surface area is 205 Å². The number of amides is 1. The van der Waals surface area contributed by atoms with Gasteiger partial charge in [0.1, 0.15) is 29.7 Å². The Morgan fingerprint density at radius 1 is 0.971 bits per heavy atom. The molecule has 0 unspecified atom stereocenters. The smallest absolute Gasteiger partial charge is 0.225 e. The number of aromatic nitrogens is 3. The van der Waals surface area contributed by atoms with E-state index in [-0.39, 0.29) is 30.4 Å². The summed E-state index contributed by atoms with van der Waals surface area (Å²) in [6.07, 6.45) is 0.170. The molecule has 0 saturated carbocycles. The number of nitrogens with zero attached hydrogens (tertiary/aromatic N) is 3. The molecular weight excluding hydrogens is 474 g/mol. The second kappa shape index (κ2) is 11.5. The first-order chi connectivity index (χ1) is 17.0. The third-order valence-corrected chi connectivity index (χ3v) is 5.84. The van der Waals surface area contributed by atoms with E-state index in [0.29, 0.717) is 33.9 Å². The van der Waals surface area contributed by atoms with Crippen molar-refractivity contribution in [2.45, 2.75) is 18.2 Å². The Balaban J connectivity index is 1.45. The molecule has 1 N–H and O–H groups in total. The maximum Gasteiger partial charge on any atom is 0.225 e. The molecule has 7 nitrogen and oxygen atoms in total. The number of thioether (sulfide) groups is 1. The predicted molar refractivity (Wildman–Crippen MR) is 129 cm³/mol. The minimum Gasteiger partial charge on any atom is -0.497 e. The summed E-state index contributed by atoms with van der Waals surface area (Å²) >= 11 is 1.27. The summed E-state index contributed by atoms with van der Waals surface area (Å²) in [4.78, 5) is 12.3. The minimum atomic E-state index is -0.436. The number of ether oxygens (including phenoxy) is 2. The molecule has 0 bridgehead atoms. The fourth-order valence-electron chi connectivity index (χ4n) is 3.17. The minimum absolute atomic E-state index is 0.0548. The first kappa shape index (κ1) is 24.2. The van der Waals surface area contributed by atoms with E-state index in [1.165, 1.54) is 42.1 Å². The molecule has 0 fully saturated rings. The summed E-state index contributed by atoms with van der Waals surface area (Å²) in [6, 6.07) is 18.9. The molecule has 0 spiro atoms. The van der Waals surface area contributed by atoms with Gasteiger partial charge in [0.25, 0.3) is 0 Å². The molecule has 1 aromatic heterocycles. The van der Waals surface area contributed by atoms with Gasteiger partial charge in [0, 0.05) is 17.9 Å². The van der Waals surface area contributed by atoms with Gasteiger partial charge < -0.3 is 14.8 Å². The van der Waals surface area contributed by atoms with Gasteiger partial charge in [-0.25, -0.2) is 8.78 Å². The van der Waals surface area contributed by atoms with Crippen LogP contribution < -0.4 is 14.8 Å². The molecular formula is C25H22F2N4O3S. The van der Waals surface area contributed by atoms with E-state index in [1.54, 1.807) is 54.1 Å². The molecule has 0 radical (unpaired) electrons. The van der Waals surface area contributed by atoms with Crippen LogP contribution in [0.4, 0.5) is 14.5 Å². The lowest BCUT2D eigenvalue weighted by Gasteiger charge is -2.12. The molecule has 4 rings (SSSR count). The van der Waals surface area contributed by atoms with Crippen molar-refractivity contribution in [1.82, 2.24) is 14.8 Å². The van der Waals surface area contributed by atoms with Crippen molar-refractivity contribution in [3.63, 3.8) is 0 Å². The highest BCUT2D eigenvalue weighted by Gasteiger charge is 2.18. The summed E-state index contributed by atoms with van der Waals surface area (Å²) in [5.41, 5.74) is 0.790. The van der Waals surface area contributed by atoms with Gasteiger partial charge in [0.05, 0.1) is 12.8 Å². The molecule has 4 aromatic rings. The Bertz CT molecular complexity index is 1280.